The number of nitrogens with one attached hydrogen (secondary N) is 2. The number of thiophene rings is 1. The normalized spacial score (nSPS) is 18.0. The molecule has 0 bridgehead atoms. The number of carbonyl (C=O) groups is 1. The Labute approximate surface area is 130 Å². The highest BCUT2D eigenvalue weighted by Gasteiger charge is 2.16. The Morgan fingerprint density at radius 1 is 1.62 bits per heavy atom. The van der Waals surface area contributed by atoms with E-state index in [1.54, 1.807) is 11.3 Å². The summed E-state index contributed by atoms with van der Waals surface area (Å²) in [6.07, 6.45) is 2.28. The first kappa shape index (κ1) is 14.6. The number of H-pyrrole nitrogens is 1. The number of carbonyl (C=O) groups excluding carboxylic acids is 1. The first-order chi connectivity index (χ1) is 10.3. The van der Waals surface area contributed by atoms with Crippen molar-refractivity contribution < 1.29 is 9.53 Å². The van der Waals surface area contributed by atoms with Gasteiger partial charge in [0.2, 0.25) is 11.1 Å². The van der Waals surface area contributed by atoms with Crippen molar-refractivity contribution in [3.05, 3.63) is 17.5 Å². The van der Waals surface area contributed by atoms with E-state index in [1.807, 2.05) is 17.5 Å². The van der Waals surface area contributed by atoms with Gasteiger partial charge in [0.25, 0.3) is 0 Å². The van der Waals surface area contributed by atoms with Crippen molar-refractivity contribution in [1.29, 1.82) is 0 Å². The van der Waals surface area contributed by atoms with Gasteiger partial charge >= 0.3 is 0 Å². The smallest absolute Gasteiger partial charge is 0.230 e. The van der Waals surface area contributed by atoms with Crippen molar-refractivity contribution in [3.63, 3.8) is 0 Å². The van der Waals surface area contributed by atoms with E-state index in [9.17, 15) is 4.79 Å². The van der Waals surface area contributed by atoms with E-state index in [-0.39, 0.29) is 12.0 Å². The average Bonchev–Trinajstić information content (AvgIpc) is 3.24. The van der Waals surface area contributed by atoms with Gasteiger partial charge in [-0.05, 0) is 24.3 Å². The summed E-state index contributed by atoms with van der Waals surface area (Å²) in [7, 11) is 0. The van der Waals surface area contributed by atoms with Crippen molar-refractivity contribution in [2.45, 2.75) is 24.1 Å². The molecule has 21 heavy (non-hydrogen) atoms. The van der Waals surface area contributed by atoms with Crippen LogP contribution in [0.25, 0.3) is 10.7 Å². The molecule has 0 radical (unpaired) electrons. The molecule has 3 rings (SSSR count). The lowest BCUT2D eigenvalue weighted by atomic mass is 10.2. The van der Waals surface area contributed by atoms with Crippen LogP contribution in [0.1, 0.15) is 12.8 Å². The molecule has 0 aromatic carbocycles. The molecule has 6 nitrogen and oxygen atoms in total. The average molecular weight is 324 g/mol. The largest absolute Gasteiger partial charge is 0.376 e. The summed E-state index contributed by atoms with van der Waals surface area (Å²) in [6.45, 7) is 1.39. The molecule has 112 valence electrons. The van der Waals surface area contributed by atoms with Crippen LogP contribution in [0.4, 0.5) is 0 Å². The molecule has 0 spiro atoms. The minimum absolute atomic E-state index is 0.0158. The van der Waals surface area contributed by atoms with Gasteiger partial charge in [0, 0.05) is 13.2 Å². The summed E-state index contributed by atoms with van der Waals surface area (Å²) in [4.78, 5) is 17.2. The third kappa shape index (κ3) is 4.05. The number of aromatic amines is 1. The van der Waals surface area contributed by atoms with Crippen molar-refractivity contribution in [1.82, 2.24) is 20.5 Å². The molecule has 2 aromatic heterocycles. The van der Waals surface area contributed by atoms with Crippen LogP contribution in [0.5, 0.6) is 0 Å². The van der Waals surface area contributed by atoms with Gasteiger partial charge in [-0.15, -0.1) is 16.4 Å². The molecule has 1 aliphatic heterocycles. The summed E-state index contributed by atoms with van der Waals surface area (Å²) >= 11 is 2.93. The highest BCUT2D eigenvalue weighted by atomic mass is 32.2. The predicted molar refractivity (Wildman–Crippen MR) is 82.4 cm³/mol. The Bertz CT molecular complexity index is 579. The fourth-order valence-corrected chi connectivity index (χ4v) is 3.34. The van der Waals surface area contributed by atoms with E-state index in [4.69, 9.17) is 4.74 Å². The molecular formula is C13H16N4O2S2. The standard InChI is InChI=1S/C13H16N4O2S2/c18-11(14-7-9-3-1-5-19-9)8-21-13-15-12(16-17-13)10-4-2-6-20-10/h2,4,6,9H,1,3,5,7-8H2,(H,14,18)(H,15,16,17)/t9-/m0/s1. The molecule has 1 amide bonds. The predicted octanol–water partition coefficient (Wildman–Crippen LogP) is 1.92. The fraction of sp³-hybridized carbons (Fsp3) is 0.462. The highest BCUT2D eigenvalue weighted by Crippen LogP contribution is 2.23. The molecule has 0 unspecified atom stereocenters. The molecular weight excluding hydrogens is 308 g/mol. The number of amides is 1. The van der Waals surface area contributed by atoms with E-state index in [1.165, 1.54) is 11.8 Å². The zero-order valence-electron chi connectivity index (χ0n) is 11.4. The minimum Gasteiger partial charge on any atom is -0.376 e. The second-order valence-electron chi connectivity index (χ2n) is 4.67. The maximum atomic E-state index is 11.8. The molecule has 0 saturated carbocycles. The number of hydrogen-bond donors (Lipinski definition) is 2. The third-order valence-corrected chi connectivity index (χ3v) is 4.83. The van der Waals surface area contributed by atoms with E-state index in [0.29, 0.717) is 17.5 Å². The zero-order chi connectivity index (χ0) is 14.5. The number of ether oxygens (including phenoxy) is 1. The topological polar surface area (TPSA) is 79.9 Å². The first-order valence-electron chi connectivity index (χ1n) is 6.78. The zero-order valence-corrected chi connectivity index (χ0v) is 13.0. The second-order valence-corrected chi connectivity index (χ2v) is 6.56. The van der Waals surface area contributed by atoms with Gasteiger partial charge in [-0.2, -0.15) is 0 Å². The van der Waals surface area contributed by atoms with Gasteiger partial charge in [0.1, 0.15) is 0 Å². The van der Waals surface area contributed by atoms with Crippen molar-refractivity contribution >= 4 is 29.0 Å². The van der Waals surface area contributed by atoms with E-state index in [2.05, 4.69) is 20.5 Å². The monoisotopic (exact) mass is 324 g/mol. The quantitative estimate of drug-likeness (QED) is 0.794. The summed E-state index contributed by atoms with van der Waals surface area (Å²) in [5.74, 6) is 1.04. The molecule has 3 heterocycles. The summed E-state index contributed by atoms with van der Waals surface area (Å²) in [5, 5.41) is 12.5. The Hall–Kier alpha value is -1.38. The van der Waals surface area contributed by atoms with E-state index >= 15 is 0 Å². The maximum Gasteiger partial charge on any atom is 0.230 e. The van der Waals surface area contributed by atoms with Gasteiger partial charge in [-0.25, -0.2) is 4.98 Å². The van der Waals surface area contributed by atoms with Crippen LogP contribution >= 0.6 is 23.1 Å². The van der Waals surface area contributed by atoms with Crippen LogP contribution in [-0.4, -0.2) is 46.1 Å². The molecule has 1 aliphatic rings. The molecule has 8 heteroatoms. The molecule has 2 aromatic rings. The lowest BCUT2D eigenvalue weighted by Gasteiger charge is -2.09. The number of rotatable bonds is 6. The van der Waals surface area contributed by atoms with Crippen LogP contribution in [0.15, 0.2) is 22.7 Å². The van der Waals surface area contributed by atoms with Gasteiger partial charge in [0.15, 0.2) is 5.82 Å². The van der Waals surface area contributed by atoms with Crippen LogP contribution in [0.2, 0.25) is 0 Å². The summed E-state index contributed by atoms with van der Waals surface area (Å²) < 4.78 is 5.46. The Morgan fingerprint density at radius 2 is 2.57 bits per heavy atom. The molecule has 2 N–H and O–H groups in total. The summed E-state index contributed by atoms with van der Waals surface area (Å²) in [6, 6.07) is 3.95. The minimum atomic E-state index is -0.0158. The fourth-order valence-electron chi connectivity index (χ4n) is 2.05. The van der Waals surface area contributed by atoms with E-state index < -0.39 is 0 Å². The number of aromatic nitrogens is 3. The van der Waals surface area contributed by atoms with Crippen molar-refractivity contribution in [2.24, 2.45) is 0 Å². The van der Waals surface area contributed by atoms with Gasteiger partial charge in [-0.1, -0.05) is 17.8 Å². The van der Waals surface area contributed by atoms with Crippen LogP contribution < -0.4 is 5.32 Å². The molecule has 1 saturated heterocycles. The van der Waals surface area contributed by atoms with Gasteiger partial charge < -0.3 is 10.1 Å². The second kappa shape index (κ2) is 7.06. The van der Waals surface area contributed by atoms with Crippen LogP contribution in [-0.2, 0) is 9.53 Å². The highest BCUT2D eigenvalue weighted by molar-refractivity contribution is 7.99. The van der Waals surface area contributed by atoms with Crippen molar-refractivity contribution in [2.75, 3.05) is 18.9 Å². The SMILES string of the molecule is O=C(CSc1n[nH]c(-c2cccs2)n1)NC[C@@H]1CCCO1. The lowest BCUT2D eigenvalue weighted by molar-refractivity contribution is -0.119. The van der Waals surface area contributed by atoms with Crippen LogP contribution in [0, 0.1) is 0 Å². The lowest BCUT2D eigenvalue weighted by Crippen LogP contribution is -2.32. The van der Waals surface area contributed by atoms with Gasteiger partial charge in [0.05, 0.1) is 16.7 Å². The third-order valence-electron chi connectivity index (χ3n) is 3.10. The number of nitrogens with zero attached hydrogens (tertiary/aromatic N) is 2. The molecule has 0 aliphatic carbocycles. The van der Waals surface area contributed by atoms with Crippen LogP contribution in [0.3, 0.4) is 0 Å². The summed E-state index contributed by atoms with van der Waals surface area (Å²) in [5.41, 5.74) is 0. The Kier molecular flexibility index (Phi) is 4.89. The van der Waals surface area contributed by atoms with Gasteiger partial charge in [-0.3, -0.25) is 9.89 Å². The molecule has 1 fully saturated rings. The number of hydrogen-bond acceptors (Lipinski definition) is 6. The Morgan fingerprint density at radius 3 is 3.33 bits per heavy atom. The first-order valence-corrected chi connectivity index (χ1v) is 8.65. The number of thioether (sulfide) groups is 1. The van der Waals surface area contributed by atoms with E-state index in [0.717, 1.165) is 30.2 Å². The van der Waals surface area contributed by atoms with Crippen molar-refractivity contribution in [3.8, 4) is 10.7 Å². The Balaban J connectivity index is 1.43. The molecule has 1 atom stereocenters. The maximum absolute atomic E-state index is 11.8.